The highest BCUT2D eigenvalue weighted by molar-refractivity contribution is 5.32. The van der Waals surface area contributed by atoms with E-state index in [2.05, 4.69) is 42.3 Å². The lowest BCUT2D eigenvalue weighted by Crippen LogP contribution is -2.46. The molecule has 2 fully saturated rings. The third-order valence-electron chi connectivity index (χ3n) is 6.48. The van der Waals surface area contributed by atoms with Gasteiger partial charge in [0, 0.05) is 91.7 Å². The monoisotopic (exact) mass is 521 g/mol. The predicted octanol–water partition coefficient (Wildman–Crippen LogP) is -2.45. The molecule has 2 aromatic heterocycles. The van der Waals surface area contributed by atoms with Gasteiger partial charge in [0.1, 0.15) is 11.6 Å². The number of hydrogen-bond donors (Lipinski definition) is 4. The Morgan fingerprint density at radius 1 is 0.703 bits per heavy atom. The van der Waals surface area contributed by atoms with Crippen molar-refractivity contribution in [2.75, 3.05) is 96.3 Å². The van der Waals surface area contributed by atoms with Crippen molar-refractivity contribution in [2.24, 2.45) is 14.1 Å². The van der Waals surface area contributed by atoms with Gasteiger partial charge in [0.15, 0.2) is 0 Å². The molecule has 0 saturated carbocycles. The molecule has 37 heavy (non-hydrogen) atoms. The summed E-state index contributed by atoms with van der Waals surface area (Å²) in [5.74, 6) is 0.957. The number of aromatic amines is 2. The van der Waals surface area contributed by atoms with E-state index in [-0.39, 0.29) is 11.1 Å². The molecule has 0 atom stereocenters. The fraction of sp³-hybridized carbons (Fsp3) is 0.652. The molecule has 4 rings (SSSR count). The van der Waals surface area contributed by atoms with Gasteiger partial charge in [0.05, 0.1) is 13.2 Å². The average Bonchev–Trinajstić information content (AvgIpc) is 2.88. The summed E-state index contributed by atoms with van der Waals surface area (Å²) in [5, 5.41) is 6.14. The highest BCUT2D eigenvalue weighted by Crippen LogP contribution is 2.00. The Balaban J connectivity index is 0.000000206. The first-order valence-electron chi connectivity index (χ1n) is 12.5. The van der Waals surface area contributed by atoms with Crippen molar-refractivity contribution in [2.45, 2.75) is 0 Å². The Labute approximate surface area is 214 Å². The zero-order valence-electron chi connectivity index (χ0n) is 21.9. The molecule has 0 spiro atoms. The molecule has 0 unspecified atom stereocenters. The third-order valence-corrected chi connectivity index (χ3v) is 6.48. The van der Waals surface area contributed by atoms with Gasteiger partial charge in [-0.15, -0.1) is 0 Å². The van der Waals surface area contributed by atoms with Crippen LogP contribution in [0.4, 0.5) is 11.6 Å². The van der Waals surface area contributed by atoms with Gasteiger partial charge < -0.3 is 20.3 Å². The lowest BCUT2D eigenvalue weighted by Gasteiger charge is -2.32. The quantitative estimate of drug-likeness (QED) is 0.295. The largest absolute Gasteiger partial charge is 0.379 e. The highest BCUT2D eigenvalue weighted by Gasteiger charge is 2.13. The van der Waals surface area contributed by atoms with E-state index in [1.54, 1.807) is 0 Å². The molecule has 206 valence electrons. The van der Waals surface area contributed by atoms with Gasteiger partial charge in [0.25, 0.3) is 11.1 Å². The van der Waals surface area contributed by atoms with Gasteiger partial charge >= 0.3 is 11.4 Å². The zero-order valence-corrected chi connectivity index (χ0v) is 21.9. The molecule has 2 aromatic rings. The molecule has 4 heterocycles. The molecular formula is C23H39N9O5. The van der Waals surface area contributed by atoms with Gasteiger partial charge in [0.2, 0.25) is 0 Å². The summed E-state index contributed by atoms with van der Waals surface area (Å²) in [6, 6.07) is 2.80. The van der Waals surface area contributed by atoms with Crippen LogP contribution in [0.25, 0.3) is 0 Å². The topological polar surface area (TPSA) is 153 Å². The number of piperazine rings is 1. The van der Waals surface area contributed by atoms with Crippen molar-refractivity contribution in [3.8, 4) is 0 Å². The molecule has 0 amide bonds. The van der Waals surface area contributed by atoms with Crippen molar-refractivity contribution in [3.63, 3.8) is 0 Å². The summed E-state index contributed by atoms with van der Waals surface area (Å²) < 4.78 is 7.34. The highest BCUT2D eigenvalue weighted by atomic mass is 16.5. The molecule has 4 N–H and O–H groups in total. The number of ether oxygens (including phenoxy) is 1. The Morgan fingerprint density at radius 2 is 1.14 bits per heavy atom. The van der Waals surface area contributed by atoms with Gasteiger partial charge in [-0.05, 0) is 7.05 Å². The van der Waals surface area contributed by atoms with E-state index in [0.29, 0.717) is 24.7 Å². The maximum absolute atomic E-state index is 11.4. The number of morpholine rings is 1. The Hall–Kier alpha value is -3.20. The number of aromatic nitrogens is 4. The fourth-order valence-electron chi connectivity index (χ4n) is 3.90. The van der Waals surface area contributed by atoms with Gasteiger partial charge in [-0.1, -0.05) is 0 Å². The molecule has 2 aliphatic heterocycles. The summed E-state index contributed by atoms with van der Waals surface area (Å²) in [5.41, 5.74) is -1.41. The van der Waals surface area contributed by atoms with E-state index >= 15 is 0 Å². The first kappa shape index (κ1) is 28.4. The maximum atomic E-state index is 11.4. The van der Waals surface area contributed by atoms with Crippen molar-refractivity contribution < 1.29 is 4.74 Å². The average molecular weight is 522 g/mol. The Bertz CT molecular complexity index is 1160. The van der Waals surface area contributed by atoms with Crippen molar-refractivity contribution >= 4 is 11.6 Å². The van der Waals surface area contributed by atoms with E-state index < -0.39 is 11.4 Å². The minimum atomic E-state index is -0.406. The second-order valence-electron chi connectivity index (χ2n) is 9.22. The minimum absolute atomic E-state index is 0.300. The first-order chi connectivity index (χ1) is 17.7. The molecule has 14 nitrogen and oxygen atoms in total. The van der Waals surface area contributed by atoms with Crippen LogP contribution in [-0.2, 0) is 18.8 Å². The van der Waals surface area contributed by atoms with E-state index in [4.69, 9.17) is 4.74 Å². The number of hydrogen-bond acceptors (Lipinski definition) is 10. The summed E-state index contributed by atoms with van der Waals surface area (Å²) >= 11 is 0. The molecule has 0 aromatic carbocycles. The van der Waals surface area contributed by atoms with E-state index in [1.165, 1.54) is 26.2 Å². The standard InChI is InChI=1S/C12H21N5O2.C11H18N4O3/c1-15-5-7-17(8-6-15)4-3-13-10-9-11(18)16(2)12(19)14-10;1-14-10(16)8-9(13-11(14)17)12-2-3-15-4-6-18-7-5-15/h9,13H,3-8H2,1-2H3,(H,14,19);8,12H,2-7H2,1H3,(H,13,17). The summed E-state index contributed by atoms with van der Waals surface area (Å²) in [4.78, 5) is 57.8. The Morgan fingerprint density at radius 3 is 1.57 bits per heavy atom. The first-order valence-corrected chi connectivity index (χ1v) is 12.5. The summed E-state index contributed by atoms with van der Waals surface area (Å²) in [6.45, 7) is 10.8. The fourth-order valence-corrected chi connectivity index (χ4v) is 3.90. The second-order valence-corrected chi connectivity index (χ2v) is 9.22. The second kappa shape index (κ2) is 13.9. The summed E-state index contributed by atoms with van der Waals surface area (Å²) in [6.07, 6.45) is 0. The number of rotatable bonds is 8. The van der Waals surface area contributed by atoms with Crippen molar-refractivity contribution in [1.29, 1.82) is 0 Å². The van der Waals surface area contributed by atoms with Gasteiger partial charge in [-0.2, -0.15) is 0 Å². The van der Waals surface area contributed by atoms with Crippen LogP contribution >= 0.6 is 0 Å². The van der Waals surface area contributed by atoms with Crippen LogP contribution < -0.4 is 33.1 Å². The molecule has 0 aliphatic carbocycles. The molecular weight excluding hydrogens is 482 g/mol. The number of H-pyrrole nitrogens is 2. The van der Waals surface area contributed by atoms with Crippen LogP contribution in [0.5, 0.6) is 0 Å². The molecule has 0 bridgehead atoms. The molecule has 0 radical (unpaired) electrons. The van der Waals surface area contributed by atoms with Crippen LogP contribution in [-0.4, -0.2) is 120 Å². The number of nitrogens with one attached hydrogen (secondary N) is 4. The number of nitrogens with zero attached hydrogens (tertiary/aromatic N) is 5. The molecule has 2 aliphatic rings. The van der Waals surface area contributed by atoms with Crippen LogP contribution in [0.2, 0.25) is 0 Å². The summed E-state index contributed by atoms with van der Waals surface area (Å²) in [7, 11) is 5.02. The molecule has 2 saturated heterocycles. The maximum Gasteiger partial charge on any atom is 0.329 e. The van der Waals surface area contributed by atoms with Crippen molar-refractivity contribution in [3.05, 3.63) is 53.8 Å². The van der Waals surface area contributed by atoms with Gasteiger partial charge in [-0.3, -0.25) is 38.5 Å². The number of anilines is 2. The minimum Gasteiger partial charge on any atom is -0.379 e. The third kappa shape index (κ3) is 9.00. The molecule has 14 heteroatoms. The lowest BCUT2D eigenvalue weighted by atomic mass is 10.3. The van der Waals surface area contributed by atoms with Crippen LogP contribution in [0.15, 0.2) is 31.3 Å². The Kier molecular flexibility index (Phi) is 10.7. The normalized spacial score (nSPS) is 17.2. The zero-order chi connectivity index (χ0) is 26.8. The number of likely N-dealkylation sites (N-methyl/N-ethyl adjacent to an activating group) is 1. The van der Waals surface area contributed by atoms with E-state index in [1.807, 2.05) is 0 Å². The van der Waals surface area contributed by atoms with Gasteiger partial charge in [-0.25, -0.2) is 9.59 Å². The van der Waals surface area contributed by atoms with Crippen molar-refractivity contribution in [1.82, 2.24) is 33.8 Å². The predicted molar refractivity (Wildman–Crippen MR) is 143 cm³/mol. The van der Waals surface area contributed by atoms with Crippen LogP contribution in [0, 0.1) is 0 Å². The van der Waals surface area contributed by atoms with E-state index in [9.17, 15) is 19.2 Å². The van der Waals surface area contributed by atoms with Crippen LogP contribution in [0.1, 0.15) is 0 Å². The van der Waals surface area contributed by atoms with E-state index in [0.717, 1.165) is 74.7 Å². The smallest absolute Gasteiger partial charge is 0.329 e. The van der Waals surface area contributed by atoms with Crippen LogP contribution in [0.3, 0.4) is 0 Å². The lowest BCUT2D eigenvalue weighted by molar-refractivity contribution is 0.0398. The SMILES string of the molecule is CN1CCN(CCNc2cc(=O)n(C)c(=O)[nH]2)CC1.Cn1c(=O)cc(NCCN2CCOCC2)[nH]c1=O.